The summed E-state index contributed by atoms with van der Waals surface area (Å²) in [5.74, 6) is 0. The van der Waals surface area contributed by atoms with Gasteiger partial charge >= 0.3 is 0 Å². The summed E-state index contributed by atoms with van der Waals surface area (Å²) in [4.78, 5) is 0. The van der Waals surface area contributed by atoms with E-state index in [0.717, 1.165) is 5.56 Å². The number of nitrogens with zero attached hydrogens (tertiary/aromatic N) is 2. The van der Waals surface area contributed by atoms with Crippen LogP contribution in [-0.4, -0.2) is 0 Å². The molecular weight excluding hydrogens is 172 g/mol. The summed E-state index contributed by atoms with van der Waals surface area (Å²) in [7, 11) is 0. The van der Waals surface area contributed by atoms with Crippen LogP contribution < -0.4 is 0 Å². The highest BCUT2D eigenvalue weighted by molar-refractivity contribution is 5.47. The molecule has 69 valence electrons. The second-order valence-electron chi connectivity index (χ2n) is 3.87. The normalized spacial score (nSPS) is 10.4. The van der Waals surface area contributed by atoms with Crippen LogP contribution >= 0.6 is 0 Å². The largest absolute Gasteiger partial charge is 0.192 e. The molecular formula is C12H11N2. The third-order valence-electron chi connectivity index (χ3n) is 2.00. The van der Waals surface area contributed by atoms with Gasteiger partial charge in [0, 0.05) is 0 Å². The minimum atomic E-state index is -0.306. The molecule has 0 bridgehead atoms. The van der Waals surface area contributed by atoms with E-state index in [1.807, 2.05) is 19.9 Å². The third kappa shape index (κ3) is 1.92. The topological polar surface area (TPSA) is 47.6 Å². The van der Waals surface area contributed by atoms with E-state index in [-0.39, 0.29) is 5.41 Å². The van der Waals surface area contributed by atoms with Crippen molar-refractivity contribution >= 4 is 0 Å². The van der Waals surface area contributed by atoms with Crippen LogP contribution in [-0.2, 0) is 5.41 Å². The first kappa shape index (κ1) is 10.3. The molecule has 0 aliphatic rings. The van der Waals surface area contributed by atoms with Crippen LogP contribution in [0.3, 0.4) is 0 Å². The van der Waals surface area contributed by atoms with Gasteiger partial charge in [0.1, 0.15) is 0 Å². The molecule has 0 saturated carbocycles. The van der Waals surface area contributed by atoms with Gasteiger partial charge in [-0.25, -0.2) is 0 Å². The molecule has 0 aliphatic carbocycles. The van der Waals surface area contributed by atoms with Crippen LogP contribution in [0.15, 0.2) is 18.2 Å². The maximum Gasteiger partial charge on any atom is 0.0995 e. The Bertz CT molecular complexity index is 425. The van der Waals surface area contributed by atoms with Crippen molar-refractivity contribution in [1.29, 1.82) is 10.5 Å². The van der Waals surface area contributed by atoms with Gasteiger partial charge in [-0.3, -0.25) is 0 Å². The van der Waals surface area contributed by atoms with Gasteiger partial charge in [-0.1, -0.05) is 19.9 Å². The third-order valence-corrected chi connectivity index (χ3v) is 2.00. The van der Waals surface area contributed by atoms with E-state index in [0.29, 0.717) is 11.1 Å². The van der Waals surface area contributed by atoms with Crippen molar-refractivity contribution in [2.75, 3.05) is 0 Å². The maximum absolute atomic E-state index is 8.91. The van der Waals surface area contributed by atoms with E-state index in [9.17, 15) is 0 Å². The monoisotopic (exact) mass is 183 g/mol. The summed E-state index contributed by atoms with van der Waals surface area (Å²) in [5.41, 5.74) is 1.61. The van der Waals surface area contributed by atoms with Gasteiger partial charge in [0.15, 0.2) is 0 Å². The van der Waals surface area contributed by atoms with Gasteiger partial charge in [0.25, 0.3) is 0 Å². The lowest BCUT2D eigenvalue weighted by molar-refractivity contribution is 0.662. The van der Waals surface area contributed by atoms with E-state index >= 15 is 0 Å². The second kappa shape index (κ2) is 3.52. The zero-order chi connectivity index (χ0) is 10.8. The fourth-order valence-electron chi connectivity index (χ4n) is 1.30. The standard InChI is InChI=1S/C12H11N2/c1-12(2,3)11-5-4-9(7-13)6-10(11)8-14/h4-6H,1H2,2-3H3. The number of rotatable bonds is 1. The molecule has 0 aliphatic heterocycles. The Morgan fingerprint density at radius 1 is 1.21 bits per heavy atom. The fourth-order valence-corrected chi connectivity index (χ4v) is 1.30. The molecule has 0 amide bonds. The Balaban J connectivity index is 3.37. The highest BCUT2D eigenvalue weighted by atomic mass is 14.3. The lowest BCUT2D eigenvalue weighted by Crippen LogP contribution is -2.13. The predicted molar refractivity (Wildman–Crippen MR) is 54.3 cm³/mol. The van der Waals surface area contributed by atoms with E-state index < -0.39 is 0 Å². The Morgan fingerprint density at radius 3 is 2.29 bits per heavy atom. The van der Waals surface area contributed by atoms with Crippen molar-refractivity contribution < 1.29 is 0 Å². The van der Waals surface area contributed by atoms with E-state index in [1.54, 1.807) is 18.2 Å². The smallest absolute Gasteiger partial charge is 0.0995 e. The van der Waals surface area contributed by atoms with Gasteiger partial charge in [-0.05, 0) is 30.0 Å². The van der Waals surface area contributed by atoms with Gasteiger partial charge in [0.05, 0.1) is 23.3 Å². The molecule has 1 aromatic carbocycles. The highest BCUT2D eigenvalue weighted by Crippen LogP contribution is 2.25. The van der Waals surface area contributed by atoms with Crippen LogP contribution in [0.25, 0.3) is 0 Å². The molecule has 0 atom stereocenters. The number of benzene rings is 1. The quantitative estimate of drug-likeness (QED) is 0.671. The summed E-state index contributed by atoms with van der Waals surface area (Å²) in [6.45, 7) is 7.85. The number of nitriles is 2. The molecule has 0 spiro atoms. The first-order valence-corrected chi connectivity index (χ1v) is 4.29. The van der Waals surface area contributed by atoms with Gasteiger partial charge in [-0.15, -0.1) is 0 Å². The Labute approximate surface area is 84.4 Å². The first-order valence-electron chi connectivity index (χ1n) is 4.29. The number of hydrogen-bond donors (Lipinski definition) is 0. The Kier molecular flexibility index (Phi) is 2.58. The molecule has 2 heteroatoms. The average molecular weight is 183 g/mol. The van der Waals surface area contributed by atoms with E-state index in [2.05, 4.69) is 13.0 Å². The number of hydrogen-bond acceptors (Lipinski definition) is 2. The van der Waals surface area contributed by atoms with Crippen LogP contribution in [0, 0.1) is 29.6 Å². The molecule has 0 heterocycles. The van der Waals surface area contributed by atoms with Crippen molar-refractivity contribution in [3.05, 3.63) is 41.8 Å². The Hall–Kier alpha value is -1.80. The highest BCUT2D eigenvalue weighted by Gasteiger charge is 2.17. The van der Waals surface area contributed by atoms with E-state index in [1.165, 1.54) is 0 Å². The van der Waals surface area contributed by atoms with Gasteiger partial charge in [-0.2, -0.15) is 10.5 Å². The molecule has 1 aromatic rings. The lowest BCUT2D eigenvalue weighted by Gasteiger charge is -2.20. The van der Waals surface area contributed by atoms with E-state index in [4.69, 9.17) is 10.5 Å². The maximum atomic E-state index is 8.91. The van der Waals surface area contributed by atoms with Crippen LogP contribution in [0.1, 0.15) is 30.5 Å². The second-order valence-corrected chi connectivity index (χ2v) is 3.87. The fraction of sp³-hybridized carbons (Fsp3) is 0.250. The first-order chi connectivity index (χ1) is 6.49. The minimum absolute atomic E-state index is 0.306. The van der Waals surface area contributed by atoms with Gasteiger partial charge < -0.3 is 0 Å². The molecule has 2 nitrogen and oxygen atoms in total. The molecule has 0 unspecified atom stereocenters. The van der Waals surface area contributed by atoms with Gasteiger partial charge in [0.2, 0.25) is 0 Å². The molecule has 14 heavy (non-hydrogen) atoms. The van der Waals surface area contributed by atoms with Crippen molar-refractivity contribution in [3.8, 4) is 12.1 Å². The summed E-state index contributed by atoms with van der Waals surface area (Å²) < 4.78 is 0. The molecule has 0 fully saturated rings. The Morgan fingerprint density at radius 2 is 1.86 bits per heavy atom. The van der Waals surface area contributed by atoms with Crippen molar-refractivity contribution in [3.63, 3.8) is 0 Å². The lowest BCUT2D eigenvalue weighted by atomic mass is 9.83. The zero-order valence-electron chi connectivity index (χ0n) is 8.33. The SMILES string of the molecule is [CH2]C(C)(C)c1ccc(C#N)cc1C#N. The van der Waals surface area contributed by atoms with Crippen molar-refractivity contribution in [1.82, 2.24) is 0 Å². The van der Waals surface area contributed by atoms with Crippen LogP contribution in [0.2, 0.25) is 0 Å². The molecule has 0 N–H and O–H groups in total. The zero-order valence-corrected chi connectivity index (χ0v) is 8.33. The molecule has 1 rings (SSSR count). The summed E-state index contributed by atoms with van der Waals surface area (Å²) >= 11 is 0. The summed E-state index contributed by atoms with van der Waals surface area (Å²) in [5, 5.41) is 17.6. The summed E-state index contributed by atoms with van der Waals surface area (Å²) in [6, 6.07) is 9.20. The molecule has 0 saturated heterocycles. The summed E-state index contributed by atoms with van der Waals surface area (Å²) in [6.07, 6.45) is 0. The minimum Gasteiger partial charge on any atom is -0.192 e. The van der Waals surface area contributed by atoms with Crippen LogP contribution in [0.5, 0.6) is 0 Å². The molecule has 0 aromatic heterocycles. The van der Waals surface area contributed by atoms with Crippen molar-refractivity contribution in [2.45, 2.75) is 19.3 Å². The van der Waals surface area contributed by atoms with Crippen LogP contribution in [0.4, 0.5) is 0 Å². The van der Waals surface area contributed by atoms with Crippen molar-refractivity contribution in [2.24, 2.45) is 0 Å². The average Bonchev–Trinajstić information content (AvgIpc) is 2.15. The molecule has 1 radical (unpaired) electrons. The predicted octanol–water partition coefficient (Wildman–Crippen LogP) is 2.54.